The Morgan fingerprint density at radius 3 is 2.50 bits per heavy atom. The van der Waals surface area contributed by atoms with Crippen molar-refractivity contribution in [2.75, 3.05) is 13.2 Å². The molecule has 3 rings (SSSR count). The van der Waals surface area contributed by atoms with Gasteiger partial charge in [-0.3, -0.25) is 4.79 Å². The highest BCUT2D eigenvalue weighted by molar-refractivity contribution is 5.82. The molecule has 0 aliphatic carbocycles. The molecule has 5 heteroatoms. The summed E-state index contributed by atoms with van der Waals surface area (Å²) >= 11 is 0. The van der Waals surface area contributed by atoms with E-state index in [0.717, 1.165) is 24.2 Å². The molecule has 0 saturated heterocycles. The highest BCUT2D eigenvalue weighted by Crippen LogP contribution is 2.28. The van der Waals surface area contributed by atoms with Crippen LogP contribution in [0.15, 0.2) is 70.1 Å². The fourth-order valence-electron chi connectivity index (χ4n) is 2.86. The Labute approximate surface area is 163 Å². The van der Waals surface area contributed by atoms with Crippen LogP contribution in [0.5, 0.6) is 11.5 Å². The zero-order chi connectivity index (χ0) is 19.8. The minimum Gasteiger partial charge on any atom is -0.490 e. The van der Waals surface area contributed by atoms with Gasteiger partial charge < -0.3 is 13.9 Å². The van der Waals surface area contributed by atoms with E-state index in [1.165, 1.54) is 12.3 Å². The molecule has 28 heavy (non-hydrogen) atoms. The molecule has 142 valence electrons. The number of nitrogens with zero attached hydrogens (tertiary/aromatic N) is 1. The first-order chi connectivity index (χ1) is 13.7. The molecule has 1 heterocycles. The molecule has 0 atom stereocenters. The lowest BCUT2D eigenvalue weighted by Crippen LogP contribution is -2.03. The number of nitriles is 1. The van der Waals surface area contributed by atoms with Gasteiger partial charge in [0.2, 0.25) is 0 Å². The first-order valence-corrected chi connectivity index (χ1v) is 9.17. The monoisotopic (exact) mass is 375 g/mol. The lowest BCUT2D eigenvalue weighted by atomic mass is 10.1. The van der Waals surface area contributed by atoms with Gasteiger partial charge in [0.05, 0.1) is 23.3 Å². The van der Waals surface area contributed by atoms with Crippen LogP contribution >= 0.6 is 0 Å². The average Bonchev–Trinajstić information content (AvgIpc) is 2.72. The summed E-state index contributed by atoms with van der Waals surface area (Å²) in [7, 11) is 0. The number of rotatable bonds is 8. The highest BCUT2D eigenvalue weighted by atomic mass is 16.5. The Bertz CT molecular complexity index is 1060. The van der Waals surface area contributed by atoms with Crippen LogP contribution in [0.3, 0.4) is 0 Å². The van der Waals surface area contributed by atoms with Crippen LogP contribution in [-0.2, 0) is 6.42 Å². The van der Waals surface area contributed by atoms with Gasteiger partial charge >= 0.3 is 0 Å². The first kappa shape index (κ1) is 19.2. The van der Waals surface area contributed by atoms with Crippen LogP contribution in [-0.4, -0.2) is 13.2 Å². The molecule has 0 aliphatic heterocycles. The third-order valence-corrected chi connectivity index (χ3v) is 4.22. The van der Waals surface area contributed by atoms with E-state index in [0.29, 0.717) is 35.5 Å². The second kappa shape index (κ2) is 9.43. The average molecular weight is 375 g/mol. The summed E-state index contributed by atoms with van der Waals surface area (Å²) in [5.74, 6) is 1.43. The molecular weight excluding hydrogens is 354 g/mol. The summed E-state index contributed by atoms with van der Waals surface area (Å²) in [5, 5.41) is 9.36. The van der Waals surface area contributed by atoms with Gasteiger partial charge in [0.15, 0.2) is 5.43 Å². The molecule has 0 radical (unpaired) electrons. The fraction of sp³-hybridized carbons (Fsp3) is 0.217. The van der Waals surface area contributed by atoms with Crippen molar-refractivity contribution in [1.29, 1.82) is 5.26 Å². The predicted molar refractivity (Wildman–Crippen MR) is 108 cm³/mol. The highest BCUT2D eigenvalue weighted by Gasteiger charge is 2.11. The number of hydrogen-bond acceptors (Lipinski definition) is 5. The summed E-state index contributed by atoms with van der Waals surface area (Å²) < 4.78 is 17.1. The smallest absolute Gasteiger partial charge is 0.192 e. The quantitative estimate of drug-likeness (QED) is 0.537. The third kappa shape index (κ3) is 4.60. The standard InChI is InChI=1S/C23H21NO4/c1-2-5-20-22(11-10-19-21(25)12-15-28-23(19)20)27-14-4-3-13-26-18-8-6-17(16-24)7-9-18/h3-4,6-12,15H,2,5,13-14H2,1H3. The van der Waals surface area contributed by atoms with Gasteiger partial charge in [-0.25, -0.2) is 0 Å². The molecule has 1 aromatic heterocycles. The van der Waals surface area contributed by atoms with Crippen molar-refractivity contribution in [3.8, 4) is 17.6 Å². The van der Waals surface area contributed by atoms with Crippen molar-refractivity contribution in [2.24, 2.45) is 0 Å². The zero-order valence-corrected chi connectivity index (χ0v) is 15.7. The van der Waals surface area contributed by atoms with Gasteiger partial charge in [0.1, 0.15) is 30.3 Å². The van der Waals surface area contributed by atoms with Crippen LogP contribution in [0.4, 0.5) is 0 Å². The number of hydrogen-bond donors (Lipinski definition) is 0. The lowest BCUT2D eigenvalue weighted by Gasteiger charge is -2.11. The normalized spacial score (nSPS) is 10.9. The van der Waals surface area contributed by atoms with Crippen LogP contribution in [0.2, 0.25) is 0 Å². The second-order valence-corrected chi connectivity index (χ2v) is 6.18. The Morgan fingerprint density at radius 1 is 1.04 bits per heavy atom. The molecule has 2 aromatic carbocycles. The van der Waals surface area contributed by atoms with Crippen LogP contribution < -0.4 is 14.9 Å². The topological polar surface area (TPSA) is 72.5 Å². The minimum absolute atomic E-state index is 0.0509. The maximum Gasteiger partial charge on any atom is 0.192 e. The van der Waals surface area contributed by atoms with Gasteiger partial charge in [0.25, 0.3) is 0 Å². The molecule has 0 unspecified atom stereocenters. The van der Waals surface area contributed by atoms with Gasteiger partial charge in [-0.1, -0.05) is 13.3 Å². The van der Waals surface area contributed by atoms with Crippen LogP contribution in [0, 0.1) is 11.3 Å². The zero-order valence-electron chi connectivity index (χ0n) is 15.7. The number of aryl methyl sites for hydroxylation is 1. The third-order valence-electron chi connectivity index (χ3n) is 4.22. The largest absolute Gasteiger partial charge is 0.490 e. The van der Waals surface area contributed by atoms with Crippen molar-refractivity contribution in [2.45, 2.75) is 19.8 Å². The molecule has 0 saturated carbocycles. The lowest BCUT2D eigenvalue weighted by molar-refractivity contribution is 0.348. The SMILES string of the molecule is CCCc1c(OCC=CCOc2ccc(C#N)cc2)ccc2c(=O)ccoc12. The Kier molecular flexibility index (Phi) is 6.48. The summed E-state index contributed by atoms with van der Waals surface area (Å²) in [6.07, 6.45) is 6.87. The van der Waals surface area contributed by atoms with Gasteiger partial charge in [-0.2, -0.15) is 5.26 Å². The van der Waals surface area contributed by atoms with E-state index in [2.05, 4.69) is 13.0 Å². The van der Waals surface area contributed by atoms with Gasteiger partial charge in [-0.15, -0.1) is 0 Å². The number of ether oxygens (including phenoxy) is 2. The number of benzene rings is 2. The minimum atomic E-state index is -0.0509. The van der Waals surface area contributed by atoms with E-state index < -0.39 is 0 Å². The maximum absolute atomic E-state index is 12.0. The van der Waals surface area contributed by atoms with Crippen molar-refractivity contribution < 1.29 is 13.9 Å². The van der Waals surface area contributed by atoms with E-state index in [1.54, 1.807) is 30.3 Å². The molecule has 0 aliphatic rings. The Hall–Kier alpha value is -3.52. The summed E-state index contributed by atoms with van der Waals surface area (Å²) in [4.78, 5) is 12.0. The predicted octanol–water partition coefficient (Wildman–Crippen LogP) is 4.63. The van der Waals surface area contributed by atoms with Crippen molar-refractivity contribution in [3.05, 3.63) is 82.2 Å². The van der Waals surface area contributed by atoms with E-state index >= 15 is 0 Å². The molecule has 0 amide bonds. The Morgan fingerprint density at radius 2 is 1.79 bits per heavy atom. The van der Waals surface area contributed by atoms with E-state index in [9.17, 15) is 4.79 Å². The van der Waals surface area contributed by atoms with Crippen LogP contribution in [0.1, 0.15) is 24.5 Å². The molecule has 0 fully saturated rings. The van der Waals surface area contributed by atoms with Gasteiger partial charge in [-0.05, 0) is 55.0 Å². The molecular formula is C23H21NO4. The Balaban J connectivity index is 1.60. The fourth-order valence-corrected chi connectivity index (χ4v) is 2.86. The second-order valence-electron chi connectivity index (χ2n) is 6.18. The molecule has 0 bridgehead atoms. The molecule has 5 nitrogen and oxygen atoms in total. The van der Waals surface area contributed by atoms with Gasteiger partial charge in [0, 0.05) is 11.6 Å². The first-order valence-electron chi connectivity index (χ1n) is 9.17. The molecule has 0 spiro atoms. The maximum atomic E-state index is 12.0. The summed E-state index contributed by atoms with van der Waals surface area (Å²) in [6.45, 7) is 2.86. The number of fused-ring (bicyclic) bond motifs is 1. The van der Waals surface area contributed by atoms with E-state index in [1.807, 2.05) is 18.2 Å². The van der Waals surface area contributed by atoms with Crippen molar-refractivity contribution in [1.82, 2.24) is 0 Å². The van der Waals surface area contributed by atoms with E-state index in [4.69, 9.17) is 19.2 Å². The summed E-state index contributed by atoms with van der Waals surface area (Å²) in [5.41, 5.74) is 2.07. The van der Waals surface area contributed by atoms with E-state index in [-0.39, 0.29) is 5.43 Å². The van der Waals surface area contributed by atoms with Crippen molar-refractivity contribution >= 4 is 11.0 Å². The molecule has 3 aromatic rings. The molecule has 0 N–H and O–H groups in total. The summed E-state index contributed by atoms with van der Waals surface area (Å²) in [6, 6.07) is 14.0. The van der Waals surface area contributed by atoms with Crippen LogP contribution in [0.25, 0.3) is 11.0 Å². The van der Waals surface area contributed by atoms with Crippen molar-refractivity contribution in [3.63, 3.8) is 0 Å².